The Kier molecular flexibility index (Phi) is 5.32. The number of ether oxygens (including phenoxy) is 1. The Hall–Kier alpha value is -2.83. The Bertz CT molecular complexity index is 924. The molecule has 0 bridgehead atoms. The van der Waals surface area contributed by atoms with E-state index in [9.17, 15) is 14.4 Å². The predicted molar refractivity (Wildman–Crippen MR) is 103 cm³/mol. The third kappa shape index (κ3) is 4.03. The van der Waals surface area contributed by atoms with E-state index in [1.807, 2.05) is 4.90 Å². The maximum atomic E-state index is 12.5. The first-order chi connectivity index (χ1) is 13.6. The van der Waals surface area contributed by atoms with E-state index in [0.717, 1.165) is 31.1 Å². The van der Waals surface area contributed by atoms with Gasteiger partial charge in [-0.25, -0.2) is 4.79 Å². The topological polar surface area (TPSA) is 80.1 Å². The second kappa shape index (κ2) is 8.04. The molecule has 1 aromatic heterocycles. The summed E-state index contributed by atoms with van der Waals surface area (Å²) in [5.74, 6) is 0.796. The van der Waals surface area contributed by atoms with E-state index in [1.54, 1.807) is 29.2 Å². The van der Waals surface area contributed by atoms with Crippen molar-refractivity contribution >= 4 is 22.8 Å². The van der Waals surface area contributed by atoms with Crippen molar-refractivity contribution in [2.45, 2.75) is 25.7 Å². The zero-order valence-corrected chi connectivity index (χ0v) is 15.8. The van der Waals surface area contributed by atoms with Gasteiger partial charge in [-0.05, 0) is 31.0 Å². The molecule has 1 aliphatic heterocycles. The number of fused-ring (bicyclic) bond motifs is 1. The van der Waals surface area contributed by atoms with Gasteiger partial charge in [0.15, 0.2) is 6.61 Å². The zero-order chi connectivity index (χ0) is 19.5. The van der Waals surface area contributed by atoms with Crippen LogP contribution in [0.2, 0.25) is 0 Å². The molecule has 2 amide bonds. The Morgan fingerprint density at radius 1 is 1.00 bits per heavy atom. The molecule has 2 aromatic rings. The highest BCUT2D eigenvalue weighted by Gasteiger charge is 2.30. The van der Waals surface area contributed by atoms with Crippen molar-refractivity contribution in [1.82, 2.24) is 9.80 Å². The SMILES string of the molecule is O=C(COc1ccc2ccc(=O)oc2c1)N1CCN(C(=O)C2CCCC2)CC1. The molecule has 0 radical (unpaired) electrons. The second-order valence-corrected chi connectivity index (χ2v) is 7.43. The number of benzene rings is 1. The van der Waals surface area contributed by atoms with E-state index in [0.29, 0.717) is 37.5 Å². The summed E-state index contributed by atoms with van der Waals surface area (Å²) in [5.41, 5.74) is 0.00207. The van der Waals surface area contributed by atoms with Crippen molar-refractivity contribution in [2.24, 2.45) is 5.92 Å². The van der Waals surface area contributed by atoms with Crippen LogP contribution in [0.4, 0.5) is 0 Å². The van der Waals surface area contributed by atoms with Gasteiger partial charge in [0, 0.05) is 49.6 Å². The number of carbonyl (C=O) groups is 2. The normalized spacial score (nSPS) is 17.9. The minimum absolute atomic E-state index is 0.0842. The van der Waals surface area contributed by atoms with Gasteiger partial charge in [0.1, 0.15) is 11.3 Å². The molecule has 7 nitrogen and oxygen atoms in total. The van der Waals surface area contributed by atoms with E-state index in [4.69, 9.17) is 9.15 Å². The molecular weight excluding hydrogens is 360 g/mol. The standard InChI is InChI=1S/C21H24N2O5/c24-19(14-27-17-7-5-15-6-8-20(25)28-18(15)13-17)22-9-11-23(12-10-22)21(26)16-3-1-2-4-16/h5-8,13,16H,1-4,9-12,14H2. The number of amides is 2. The van der Waals surface area contributed by atoms with Crippen LogP contribution in [-0.4, -0.2) is 54.4 Å². The lowest BCUT2D eigenvalue weighted by Crippen LogP contribution is -2.52. The lowest BCUT2D eigenvalue weighted by atomic mass is 10.1. The van der Waals surface area contributed by atoms with Crippen LogP contribution in [0.15, 0.2) is 39.5 Å². The van der Waals surface area contributed by atoms with Crippen LogP contribution < -0.4 is 10.4 Å². The monoisotopic (exact) mass is 384 g/mol. The first-order valence-electron chi connectivity index (χ1n) is 9.83. The molecule has 1 aromatic carbocycles. The van der Waals surface area contributed by atoms with Crippen LogP contribution in [0, 0.1) is 5.92 Å². The summed E-state index contributed by atoms with van der Waals surface area (Å²) in [6.45, 7) is 2.16. The minimum Gasteiger partial charge on any atom is -0.484 e. The Morgan fingerprint density at radius 2 is 1.68 bits per heavy atom. The lowest BCUT2D eigenvalue weighted by molar-refractivity contribution is -0.142. The largest absolute Gasteiger partial charge is 0.484 e. The molecule has 0 atom stereocenters. The van der Waals surface area contributed by atoms with Gasteiger partial charge in [0.25, 0.3) is 5.91 Å². The van der Waals surface area contributed by atoms with E-state index in [2.05, 4.69) is 0 Å². The summed E-state index contributed by atoms with van der Waals surface area (Å²) in [4.78, 5) is 39.9. The number of carbonyl (C=O) groups excluding carboxylic acids is 2. The van der Waals surface area contributed by atoms with Crippen LogP contribution in [0.1, 0.15) is 25.7 Å². The van der Waals surface area contributed by atoms with Crippen molar-refractivity contribution in [1.29, 1.82) is 0 Å². The molecule has 7 heteroatoms. The highest BCUT2D eigenvalue weighted by Crippen LogP contribution is 2.27. The number of nitrogens with zero attached hydrogens (tertiary/aromatic N) is 2. The van der Waals surface area contributed by atoms with Gasteiger partial charge in [-0.2, -0.15) is 0 Å². The first-order valence-corrected chi connectivity index (χ1v) is 9.83. The van der Waals surface area contributed by atoms with Crippen molar-refractivity contribution < 1.29 is 18.7 Å². The number of rotatable bonds is 4. The van der Waals surface area contributed by atoms with Gasteiger partial charge in [0.2, 0.25) is 5.91 Å². The fourth-order valence-electron chi connectivity index (χ4n) is 3.97. The van der Waals surface area contributed by atoms with Gasteiger partial charge >= 0.3 is 5.63 Å². The van der Waals surface area contributed by atoms with Gasteiger partial charge in [-0.3, -0.25) is 9.59 Å². The molecule has 0 unspecified atom stereocenters. The van der Waals surface area contributed by atoms with Crippen LogP contribution in [-0.2, 0) is 9.59 Å². The fourth-order valence-corrected chi connectivity index (χ4v) is 3.97. The smallest absolute Gasteiger partial charge is 0.336 e. The van der Waals surface area contributed by atoms with E-state index in [1.165, 1.54) is 6.07 Å². The summed E-state index contributed by atoms with van der Waals surface area (Å²) in [5, 5.41) is 0.793. The summed E-state index contributed by atoms with van der Waals surface area (Å²) in [7, 11) is 0. The molecule has 2 aliphatic rings. The maximum Gasteiger partial charge on any atom is 0.336 e. The van der Waals surface area contributed by atoms with E-state index in [-0.39, 0.29) is 24.3 Å². The van der Waals surface area contributed by atoms with Crippen molar-refractivity contribution in [3.8, 4) is 5.75 Å². The van der Waals surface area contributed by atoms with Crippen LogP contribution >= 0.6 is 0 Å². The third-order valence-corrected chi connectivity index (χ3v) is 5.61. The van der Waals surface area contributed by atoms with Crippen molar-refractivity contribution in [2.75, 3.05) is 32.8 Å². The summed E-state index contributed by atoms with van der Waals surface area (Å²) in [6.07, 6.45) is 4.28. The molecule has 4 rings (SSSR count). The molecule has 2 heterocycles. The van der Waals surface area contributed by atoms with Crippen LogP contribution in [0.25, 0.3) is 11.0 Å². The highest BCUT2D eigenvalue weighted by atomic mass is 16.5. The zero-order valence-electron chi connectivity index (χ0n) is 15.8. The summed E-state index contributed by atoms with van der Waals surface area (Å²) < 4.78 is 10.7. The minimum atomic E-state index is -0.425. The van der Waals surface area contributed by atoms with Gasteiger partial charge in [-0.1, -0.05) is 12.8 Å². The molecule has 28 heavy (non-hydrogen) atoms. The fraction of sp³-hybridized carbons (Fsp3) is 0.476. The van der Waals surface area contributed by atoms with Crippen molar-refractivity contribution in [3.63, 3.8) is 0 Å². The van der Waals surface area contributed by atoms with E-state index < -0.39 is 5.63 Å². The molecule has 1 aliphatic carbocycles. The average Bonchev–Trinajstić information content (AvgIpc) is 3.26. The van der Waals surface area contributed by atoms with E-state index >= 15 is 0 Å². The lowest BCUT2D eigenvalue weighted by Gasteiger charge is -2.36. The average molecular weight is 384 g/mol. The summed E-state index contributed by atoms with van der Waals surface area (Å²) >= 11 is 0. The summed E-state index contributed by atoms with van der Waals surface area (Å²) in [6, 6.07) is 8.19. The third-order valence-electron chi connectivity index (χ3n) is 5.61. The Morgan fingerprint density at radius 3 is 2.43 bits per heavy atom. The molecular formula is C21H24N2O5. The van der Waals surface area contributed by atoms with Gasteiger partial charge in [0.05, 0.1) is 0 Å². The Balaban J connectivity index is 1.29. The number of hydrogen-bond donors (Lipinski definition) is 0. The molecule has 0 spiro atoms. The predicted octanol–water partition coefficient (Wildman–Crippen LogP) is 2.03. The second-order valence-electron chi connectivity index (χ2n) is 7.43. The van der Waals surface area contributed by atoms with Gasteiger partial charge < -0.3 is 19.0 Å². The van der Waals surface area contributed by atoms with Crippen molar-refractivity contribution in [3.05, 3.63) is 40.8 Å². The molecule has 1 saturated heterocycles. The van der Waals surface area contributed by atoms with Crippen LogP contribution in [0.3, 0.4) is 0 Å². The maximum absolute atomic E-state index is 12.5. The first kappa shape index (κ1) is 18.5. The molecule has 2 fully saturated rings. The number of hydrogen-bond acceptors (Lipinski definition) is 5. The van der Waals surface area contributed by atoms with Gasteiger partial charge in [-0.15, -0.1) is 0 Å². The molecule has 148 valence electrons. The van der Waals surface area contributed by atoms with Crippen LogP contribution in [0.5, 0.6) is 5.75 Å². The quantitative estimate of drug-likeness (QED) is 0.754. The highest BCUT2D eigenvalue weighted by molar-refractivity contribution is 5.81. The molecule has 0 N–H and O–H groups in total. The molecule has 1 saturated carbocycles. The Labute approximate surface area is 162 Å². The number of piperazine rings is 1.